The minimum absolute atomic E-state index is 0.0486. The van der Waals surface area contributed by atoms with Crippen molar-refractivity contribution in [3.8, 4) is 0 Å². The number of carboxylic acids is 1. The summed E-state index contributed by atoms with van der Waals surface area (Å²) in [6.07, 6.45) is 1.94. The van der Waals surface area contributed by atoms with Crippen LogP contribution in [0.2, 0.25) is 0 Å². The van der Waals surface area contributed by atoms with Crippen molar-refractivity contribution < 1.29 is 9.90 Å². The maximum Gasteiger partial charge on any atom is 0.303 e. The highest BCUT2D eigenvalue weighted by atomic mass is 16.4. The molecule has 0 aromatic heterocycles. The van der Waals surface area contributed by atoms with E-state index in [4.69, 9.17) is 16.6 Å². The van der Waals surface area contributed by atoms with E-state index in [1.165, 1.54) is 0 Å². The molecule has 0 rings (SSSR count). The third-order valence-corrected chi connectivity index (χ3v) is 1.52. The van der Waals surface area contributed by atoms with Crippen molar-refractivity contribution >= 4 is 5.97 Å². The van der Waals surface area contributed by atoms with Crippen molar-refractivity contribution in [3.05, 3.63) is 0 Å². The molecule has 0 unspecified atom stereocenters. The first kappa shape index (κ1) is 10.4. The fourth-order valence-corrected chi connectivity index (χ4v) is 0.930. The molecule has 0 aliphatic rings. The van der Waals surface area contributed by atoms with Crippen molar-refractivity contribution in [3.63, 3.8) is 0 Å². The van der Waals surface area contributed by atoms with E-state index < -0.39 is 11.6 Å². The summed E-state index contributed by atoms with van der Waals surface area (Å²) < 4.78 is 0. The van der Waals surface area contributed by atoms with Crippen molar-refractivity contribution in [2.45, 2.75) is 38.3 Å². The number of hydrogen-bond donors (Lipinski definition) is 3. The summed E-state index contributed by atoms with van der Waals surface area (Å²) in [7, 11) is 0. The summed E-state index contributed by atoms with van der Waals surface area (Å²) in [5.74, 6) is -0.846. The van der Waals surface area contributed by atoms with Gasteiger partial charge in [0.2, 0.25) is 0 Å². The molecule has 0 aromatic rings. The monoisotopic (exact) mass is 160 g/mol. The molecule has 0 saturated heterocycles. The van der Waals surface area contributed by atoms with Crippen LogP contribution in [-0.4, -0.2) is 16.7 Å². The second kappa shape index (κ2) is 4.31. The summed E-state index contributed by atoms with van der Waals surface area (Å²) in [6, 6.07) is 0. The molecule has 0 fully saturated rings. The molecule has 0 saturated carbocycles. The summed E-state index contributed by atoms with van der Waals surface area (Å²) in [4.78, 5) is 10.1. The van der Waals surface area contributed by atoms with Gasteiger partial charge in [-0.15, -0.1) is 0 Å². The van der Waals surface area contributed by atoms with Gasteiger partial charge in [-0.2, -0.15) is 0 Å². The van der Waals surface area contributed by atoms with Crippen LogP contribution in [0.1, 0.15) is 32.6 Å². The molecule has 0 heterocycles. The molecular formula is C7H16N2O2. The van der Waals surface area contributed by atoms with Gasteiger partial charge in [-0.1, -0.05) is 13.3 Å². The third-order valence-electron chi connectivity index (χ3n) is 1.52. The van der Waals surface area contributed by atoms with E-state index in [0.29, 0.717) is 12.8 Å². The average molecular weight is 160 g/mol. The summed E-state index contributed by atoms with van der Waals surface area (Å²) in [5.41, 5.74) is 10.4. The first-order valence-corrected chi connectivity index (χ1v) is 3.77. The van der Waals surface area contributed by atoms with E-state index in [-0.39, 0.29) is 6.42 Å². The van der Waals surface area contributed by atoms with E-state index in [1.54, 1.807) is 0 Å². The minimum Gasteiger partial charge on any atom is -0.481 e. The molecule has 0 spiro atoms. The van der Waals surface area contributed by atoms with Gasteiger partial charge in [-0.05, 0) is 12.8 Å². The lowest BCUT2D eigenvalue weighted by Gasteiger charge is -2.22. The molecule has 0 bridgehead atoms. The highest BCUT2D eigenvalue weighted by Crippen LogP contribution is 2.09. The zero-order valence-corrected chi connectivity index (χ0v) is 6.84. The van der Waals surface area contributed by atoms with Crippen LogP contribution in [-0.2, 0) is 4.79 Å². The predicted molar refractivity (Wildman–Crippen MR) is 42.9 cm³/mol. The Balaban J connectivity index is 3.63. The van der Waals surface area contributed by atoms with Crippen molar-refractivity contribution in [2.75, 3.05) is 0 Å². The van der Waals surface area contributed by atoms with Gasteiger partial charge in [0.1, 0.15) is 0 Å². The Morgan fingerprint density at radius 2 is 2.00 bits per heavy atom. The maximum absolute atomic E-state index is 10.1. The Morgan fingerprint density at radius 3 is 2.36 bits per heavy atom. The molecule has 5 N–H and O–H groups in total. The lowest BCUT2D eigenvalue weighted by atomic mass is 10.0. The Morgan fingerprint density at radius 1 is 1.45 bits per heavy atom. The molecule has 0 amide bonds. The Labute approximate surface area is 66.6 Å². The number of nitrogens with two attached hydrogens (primary N) is 2. The van der Waals surface area contributed by atoms with Gasteiger partial charge in [-0.25, -0.2) is 0 Å². The number of carboxylic acid groups (broad SMARTS) is 1. The van der Waals surface area contributed by atoms with Crippen LogP contribution in [0.25, 0.3) is 0 Å². The first-order valence-electron chi connectivity index (χ1n) is 3.77. The fraction of sp³-hybridized carbons (Fsp3) is 0.857. The summed E-state index contributed by atoms with van der Waals surface area (Å²) in [5, 5.41) is 8.33. The highest BCUT2D eigenvalue weighted by molar-refractivity contribution is 5.66. The van der Waals surface area contributed by atoms with Gasteiger partial charge >= 0.3 is 5.97 Å². The molecule has 0 aromatic carbocycles. The quantitative estimate of drug-likeness (QED) is 0.503. The fourth-order valence-electron chi connectivity index (χ4n) is 0.930. The zero-order chi connectivity index (χ0) is 8.91. The molecule has 66 valence electrons. The normalized spacial score (nSPS) is 11.5. The van der Waals surface area contributed by atoms with Gasteiger partial charge in [0.05, 0.1) is 5.66 Å². The molecular weight excluding hydrogens is 144 g/mol. The molecule has 0 radical (unpaired) electrons. The number of aliphatic carboxylic acids is 1. The van der Waals surface area contributed by atoms with Gasteiger partial charge in [0, 0.05) is 6.42 Å². The molecule has 0 aliphatic carbocycles. The SMILES string of the molecule is CCCC(N)(N)CCC(=O)O. The van der Waals surface area contributed by atoms with E-state index >= 15 is 0 Å². The van der Waals surface area contributed by atoms with Gasteiger partial charge in [0.15, 0.2) is 0 Å². The third kappa shape index (κ3) is 5.82. The summed E-state index contributed by atoms with van der Waals surface area (Å²) >= 11 is 0. The van der Waals surface area contributed by atoms with Crippen LogP contribution >= 0.6 is 0 Å². The van der Waals surface area contributed by atoms with Crippen molar-refractivity contribution in [2.24, 2.45) is 11.5 Å². The van der Waals surface area contributed by atoms with Crippen LogP contribution in [0.5, 0.6) is 0 Å². The molecule has 11 heavy (non-hydrogen) atoms. The Kier molecular flexibility index (Phi) is 4.07. The van der Waals surface area contributed by atoms with Crippen LogP contribution in [0.3, 0.4) is 0 Å². The standard InChI is InChI=1S/C7H16N2O2/c1-2-4-7(8,9)5-3-6(10)11/h2-5,8-9H2,1H3,(H,10,11). The van der Waals surface area contributed by atoms with Crippen LogP contribution in [0.4, 0.5) is 0 Å². The highest BCUT2D eigenvalue weighted by Gasteiger charge is 2.18. The number of hydrogen-bond acceptors (Lipinski definition) is 3. The van der Waals surface area contributed by atoms with E-state index in [9.17, 15) is 4.79 Å². The van der Waals surface area contributed by atoms with E-state index in [1.807, 2.05) is 6.92 Å². The Bertz CT molecular complexity index is 134. The molecule has 4 nitrogen and oxygen atoms in total. The van der Waals surface area contributed by atoms with Gasteiger partial charge in [0.25, 0.3) is 0 Å². The zero-order valence-electron chi connectivity index (χ0n) is 6.84. The second-order valence-corrected chi connectivity index (χ2v) is 2.88. The molecule has 4 heteroatoms. The minimum atomic E-state index is -0.846. The van der Waals surface area contributed by atoms with Crippen LogP contribution < -0.4 is 11.5 Å². The first-order chi connectivity index (χ1) is 4.98. The number of carbonyl (C=O) groups is 1. The second-order valence-electron chi connectivity index (χ2n) is 2.88. The predicted octanol–water partition coefficient (Wildman–Crippen LogP) is 0.265. The van der Waals surface area contributed by atoms with Crippen LogP contribution in [0.15, 0.2) is 0 Å². The largest absolute Gasteiger partial charge is 0.481 e. The maximum atomic E-state index is 10.1. The lowest BCUT2D eigenvalue weighted by molar-refractivity contribution is -0.137. The Hall–Kier alpha value is -0.610. The van der Waals surface area contributed by atoms with E-state index in [0.717, 1.165) is 6.42 Å². The molecule has 0 atom stereocenters. The summed E-state index contributed by atoms with van der Waals surface area (Å²) in [6.45, 7) is 1.97. The average Bonchev–Trinajstić information content (AvgIpc) is 1.84. The lowest BCUT2D eigenvalue weighted by Crippen LogP contribution is -2.49. The van der Waals surface area contributed by atoms with E-state index in [2.05, 4.69) is 0 Å². The van der Waals surface area contributed by atoms with Crippen LogP contribution in [0, 0.1) is 0 Å². The van der Waals surface area contributed by atoms with Gasteiger partial charge < -0.3 is 16.6 Å². The smallest absolute Gasteiger partial charge is 0.303 e. The number of rotatable bonds is 5. The molecule has 0 aliphatic heterocycles. The van der Waals surface area contributed by atoms with Crippen molar-refractivity contribution in [1.29, 1.82) is 0 Å². The topological polar surface area (TPSA) is 89.3 Å². The van der Waals surface area contributed by atoms with Gasteiger partial charge in [-0.3, -0.25) is 4.79 Å². The van der Waals surface area contributed by atoms with Crippen molar-refractivity contribution in [1.82, 2.24) is 0 Å².